The average molecular weight is 324 g/mol. The van der Waals surface area contributed by atoms with Crippen molar-refractivity contribution in [1.29, 1.82) is 0 Å². The van der Waals surface area contributed by atoms with Crippen molar-refractivity contribution in [3.63, 3.8) is 0 Å². The third-order valence-electron chi connectivity index (χ3n) is 4.88. The second kappa shape index (κ2) is 7.25. The normalized spacial score (nSPS) is 24.4. The maximum absolute atomic E-state index is 12.5. The van der Waals surface area contributed by atoms with Gasteiger partial charge in [-0.3, -0.25) is 4.79 Å². The summed E-state index contributed by atoms with van der Waals surface area (Å²) in [5.41, 5.74) is 0.822. The van der Waals surface area contributed by atoms with E-state index in [0.717, 1.165) is 44.6 Å². The number of nitrogens with zero attached hydrogens (tertiary/aromatic N) is 1. The van der Waals surface area contributed by atoms with Crippen molar-refractivity contribution in [1.82, 2.24) is 10.2 Å². The Bertz CT molecular complexity index is 522. The van der Waals surface area contributed by atoms with Crippen molar-refractivity contribution < 1.29 is 18.3 Å². The Morgan fingerprint density at radius 3 is 2.35 bits per heavy atom. The Balaban J connectivity index is 1.54. The molecule has 2 atom stereocenters. The highest BCUT2D eigenvalue weighted by Gasteiger charge is 2.31. The Labute approximate surface area is 134 Å². The molecule has 0 aromatic heterocycles. The van der Waals surface area contributed by atoms with E-state index in [1.54, 1.807) is 12.1 Å². The quantitative estimate of drug-likeness (QED) is 0.924. The molecule has 6 heteroatoms. The maximum atomic E-state index is 12.5. The van der Waals surface area contributed by atoms with Crippen molar-refractivity contribution in [3.05, 3.63) is 29.8 Å². The van der Waals surface area contributed by atoms with Crippen molar-refractivity contribution in [3.8, 4) is 5.75 Å². The van der Waals surface area contributed by atoms with Crippen LogP contribution in [0.4, 0.5) is 8.78 Å². The molecular weight excluding hydrogens is 302 g/mol. The van der Waals surface area contributed by atoms with Crippen LogP contribution in [0.15, 0.2) is 24.3 Å². The Morgan fingerprint density at radius 2 is 1.78 bits per heavy atom. The number of fused-ring (bicyclic) bond motifs is 1. The van der Waals surface area contributed by atoms with Gasteiger partial charge in [-0.05, 0) is 55.5 Å². The number of benzene rings is 1. The summed E-state index contributed by atoms with van der Waals surface area (Å²) in [6.07, 6.45) is 2.43. The Hall–Kier alpha value is -1.69. The molecule has 0 unspecified atom stereocenters. The van der Waals surface area contributed by atoms with Crippen LogP contribution >= 0.6 is 0 Å². The van der Waals surface area contributed by atoms with Gasteiger partial charge in [-0.15, -0.1) is 0 Å². The molecule has 1 N–H and O–H groups in total. The van der Waals surface area contributed by atoms with Crippen molar-refractivity contribution >= 4 is 5.91 Å². The van der Waals surface area contributed by atoms with Crippen molar-refractivity contribution in [2.45, 2.75) is 25.9 Å². The van der Waals surface area contributed by atoms with E-state index in [2.05, 4.69) is 10.1 Å². The first-order chi connectivity index (χ1) is 11.1. The summed E-state index contributed by atoms with van der Waals surface area (Å²) in [7, 11) is 0. The molecule has 2 heterocycles. The molecule has 0 bridgehead atoms. The molecular formula is C17H22F2N2O2. The summed E-state index contributed by atoms with van der Waals surface area (Å²) in [6.45, 7) is 0.938. The molecule has 0 aliphatic carbocycles. The predicted molar refractivity (Wildman–Crippen MR) is 82.4 cm³/mol. The van der Waals surface area contributed by atoms with E-state index in [1.807, 2.05) is 4.90 Å². The molecule has 1 amide bonds. The number of carbonyl (C=O) groups excluding carboxylic acids is 1. The SMILES string of the molecule is O=C(Cc1ccc(OC(F)F)cc1)N1CC[C@@H]2CNC[C@@H]2CC1. The Kier molecular flexibility index (Phi) is 5.10. The number of halogens is 2. The second-order valence-corrected chi connectivity index (χ2v) is 6.34. The highest BCUT2D eigenvalue weighted by Crippen LogP contribution is 2.27. The lowest BCUT2D eigenvalue weighted by Gasteiger charge is -2.21. The number of amides is 1. The van der Waals surface area contributed by atoms with Gasteiger partial charge in [0.2, 0.25) is 5.91 Å². The molecule has 2 saturated heterocycles. The highest BCUT2D eigenvalue weighted by atomic mass is 19.3. The third-order valence-corrected chi connectivity index (χ3v) is 4.88. The molecule has 126 valence electrons. The summed E-state index contributed by atoms with van der Waals surface area (Å²) in [6, 6.07) is 6.30. The van der Waals surface area contributed by atoms with Gasteiger partial charge in [-0.1, -0.05) is 12.1 Å². The van der Waals surface area contributed by atoms with E-state index in [1.165, 1.54) is 12.1 Å². The van der Waals surface area contributed by atoms with Crippen molar-refractivity contribution in [2.24, 2.45) is 11.8 Å². The van der Waals surface area contributed by atoms with E-state index in [-0.39, 0.29) is 11.7 Å². The maximum Gasteiger partial charge on any atom is 0.387 e. The molecule has 2 aliphatic heterocycles. The van der Waals surface area contributed by atoms with Crippen LogP contribution in [0.3, 0.4) is 0 Å². The predicted octanol–water partition coefficient (Wildman–Crippen LogP) is 2.29. The molecule has 0 spiro atoms. The smallest absolute Gasteiger partial charge is 0.387 e. The largest absolute Gasteiger partial charge is 0.435 e. The zero-order valence-electron chi connectivity index (χ0n) is 13.0. The topological polar surface area (TPSA) is 41.6 Å². The van der Waals surface area contributed by atoms with Crippen LogP contribution in [0.1, 0.15) is 18.4 Å². The van der Waals surface area contributed by atoms with E-state index >= 15 is 0 Å². The van der Waals surface area contributed by atoms with E-state index in [9.17, 15) is 13.6 Å². The number of likely N-dealkylation sites (tertiary alicyclic amines) is 1. The second-order valence-electron chi connectivity index (χ2n) is 6.34. The number of hydrogen-bond donors (Lipinski definition) is 1. The molecule has 4 nitrogen and oxygen atoms in total. The summed E-state index contributed by atoms with van der Waals surface area (Å²) < 4.78 is 28.6. The Morgan fingerprint density at radius 1 is 1.17 bits per heavy atom. The van der Waals surface area contributed by atoms with E-state index < -0.39 is 6.61 Å². The first kappa shape index (κ1) is 16.2. The molecule has 2 aliphatic rings. The number of nitrogens with one attached hydrogen (secondary N) is 1. The number of hydrogen-bond acceptors (Lipinski definition) is 3. The fourth-order valence-electron chi connectivity index (χ4n) is 3.54. The summed E-state index contributed by atoms with van der Waals surface area (Å²) in [5, 5.41) is 3.43. The zero-order valence-corrected chi connectivity index (χ0v) is 13.0. The van der Waals surface area contributed by atoms with Gasteiger partial charge >= 0.3 is 6.61 Å². The van der Waals surface area contributed by atoms with Gasteiger partial charge in [0.25, 0.3) is 0 Å². The van der Waals surface area contributed by atoms with Gasteiger partial charge in [0.15, 0.2) is 0 Å². The lowest BCUT2D eigenvalue weighted by molar-refractivity contribution is -0.130. The number of rotatable bonds is 4. The van der Waals surface area contributed by atoms with Crippen LogP contribution in [0.5, 0.6) is 5.75 Å². The summed E-state index contributed by atoms with van der Waals surface area (Å²) in [4.78, 5) is 14.4. The minimum absolute atomic E-state index is 0.112. The van der Waals surface area contributed by atoms with Gasteiger partial charge in [-0.2, -0.15) is 8.78 Å². The lowest BCUT2D eigenvalue weighted by atomic mass is 9.92. The number of alkyl halides is 2. The number of ether oxygens (including phenoxy) is 1. The van der Waals surface area contributed by atoms with Gasteiger partial charge < -0.3 is 15.0 Å². The standard InChI is InChI=1S/C17H22F2N2O2/c18-17(19)23-15-3-1-12(2-4-15)9-16(22)21-7-5-13-10-20-11-14(13)6-8-21/h1-4,13-14,17,20H,5-11H2/t13-,14+. The van der Waals surface area contributed by atoms with Crippen LogP contribution in [0.25, 0.3) is 0 Å². The lowest BCUT2D eigenvalue weighted by Crippen LogP contribution is -2.33. The average Bonchev–Trinajstić information content (AvgIpc) is 2.87. The van der Waals surface area contributed by atoms with Gasteiger partial charge in [0, 0.05) is 13.1 Å². The van der Waals surface area contributed by atoms with Crippen LogP contribution in [0.2, 0.25) is 0 Å². The van der Waals surface area contributed by atoms with Crippen LogP contribution in [-0.4, -0.2) is 43.6 Å². The van der Waals surface area contributed by atoms with E-state index in [4.69, 9.17) is 0 Å². The van der Waals surface area contributed by atoms with Gasteiger partial charge in [-0.25, -0.2) is 0 Å². The molecule has 1 aromatic rings. The van der Waals surface area contributed by atoms with E-state index in [0.29, 0.717) is 18.3 Å². The van der Waals surface area contributed by atoms with Crippen LogP contribution in [0, 0.1) is 11.8 Å². The summed E-state index contributed by atoms with van der Waals surface area (Å²) >= 11 is 0. The van der Waals surface area contributed by atoms with Crippen LogP contribution < -0.4 is 10.1 Å². The third kappa shape index (κ3) is 4.19. The minimum Gasteiger partial charge on any atom is -0.435 e. The molecule has 0 radical (unpaired) electrons. The van der Waals surface area contributed by atoms with Gasteiger partial charge in [0.1, 0.15) is 5.75 Å². The van der Waals surface area contributed by atoms with Crippen molar-refractivity contribution in [2.75, 3.05) is 26.2 Å². The molecule has 0 saturated carbocycles. The van der Waals surface area contributed by atoms with Crippen LogP contribution in [-0.2, 0) is 11.2 Å². The summed E-state index contributed by atoms with van der Waals surface area (Å²) in [5.74, 6) is 1.61. The zero-order chi connectivity index (χ0) is 16.2. The number of carbonyl (C=O) groups is 1. The first-order valence-electron chi connectivity index (χ1n) is 8.14. The fourth-order valence-corrected chi connectivity index (χ4v) is 3.54. The molecule has 1 aromatic carbocycles. The first-order valence-corrected chi connectivity index (χ1v) is 8.14. The monoisotopic (exact) mass is 324 g/mol. The minimum atomic E-state index is -2.83. The highest BCUT2D eigenvalue weighted by molar-refractivity contribution is 5.78. The van der Waals surface area contributed by atoms with Gasteiger partial charge in [0.05, 0.1) is 6.42 Å². The molecule has 3 rings (SSSR count). The fraction of sp³-hybridized carbons (Fsp3) is 0.588. The molecule has 23 heavy (non-hydrogen) atoms. The molecule has 2 fully saturated rings.